The van der Waals surface area contributed by atoms with E-state index < -0.39 is 0 Å². The van der Waals surface area contributed by atoms with E-state index in [1.54, 1.807) is 0 Å². The van der Waals surface area contributed by atoms with Gasteiger partial charge < -0.3 is 14.8 Å². The third-order valence-corrected chi connectivity index (χ3v) is 2.73. The first-order valence-electron chi connectivity index (χ1n) is 6.19. The van der Waals surface area contributed by atoms with Crippen molar-refractivity contribution in [1.82, 2.24) is 20.7 Å². The van der Waals surface area contributed by atoms with Gasteiger partial charge in [-0.2, -0.15) is 15.4 Å². The van der Waals surface area contributed by atoms with Gasteiger partial charge in [0.2, 0.25) is 0 Å². The van der Waals surface area contributed by atoms with E-state index in [0.717, 1.165) is 25.9 Å². The van der Waals surface area contributed by atoms with Crippen LogP contribution in [0, 0.1) is 0 Å². The molecule has 1 saturated heterocycles. The van der Waals surface area contributed by atoms with Crippen molar-refractivity contribution in [3.05, 3.63) is 11.9 Å². The molecule has 1 amide bonds. The zero-order chi connectivity index (χ0) is 12.6. The molecule has 2 N–H and O–H groups in total. The Morgan fingerprint density at radius 3 is 3.33 bits per heavy atom. The molecule has 0 aliphatic carbocycles. The second kappa shape index (κ2) is 7.07. The molecule has 18 heavy (non-hydrogen) atoms. The summed E-state index contributed by atoms with van der Waals surface area (Å²) in [7, 11) is 0. The van der Waals surface area contributed by atoms with Crippen LogP contribution in [-0.2, 0) is 9.47 Å². The Balaban J connectivity index is 1.47. The van der Waals surface area contributed by atoms with Crippen molar-refractivity contribution in [2.75, 3.05) is 26.4 Å². The Morgan fingerprint density at radius 1 is 1.67 bits per heavy atom. The summed E-state index contributed by atoms with van der Waals surface area (Å²) in [5, 5.41) is 12.4. The number of hydrogen-bond donors (Lipinski definition) is 2. The molecule has 1 aromatic rings. The van der Waals surface area contributed by atoms with Gasteiger partial charge in [0.1, 0.15) is 0 Å². The van der Waals surface area contributed by atoms with Gasteiger partial charge >= 0.3 is 0 Å². The van der Waals surface area contributed by atoms with Gasteiger partial charge in [0.25, 0.3) is 5.91 Å². The van der Waals surface area contributed by atoms with E-state index in [-0.39, 0.29) is 12.0 Å². The molecule has 7 heteroatoms. The van der Waals surface area contributed by atoms with Crippen LogP contribution in [0.5, 0.6) is 0 Å². The first-order valence-corrected chi connectivity index (χ1v) is 6.19. The summed E-state index contributed by atoms with van der Waals surface area (Å²) in [6.07, 6.45) is 4.64. The molecule has 100 valence electrons. The van der Waals surface area contributed by atoms with Crippen LogP contribution in [-0.4, -0.2) is 53.8 Å². The van der Waals surface area contributed by atoms with E-state index in [1.165, 1.54) is 6.20 Å². The van der Waals surface area contributed by atoms with Crippen LogP contribution in [0.3, 0.4) is 0 Å². The highest BCUT2D eigenvalue weighted by molar-refractivity contribution is 5.91. The van der Waals surface area contributed by atoms with Crippen molar-refractivity contribution in [3.63, 3.8) is 0 Å². The van der Waals surface area contributed by atoms with E-state index in [1.807, 2.05) is 0 Å². The van der Waals surface area contributed by atoms with Crippen LogP contribution >= 0.6 is 0 Å². The summed E-state index contributed by atoms with van der Waals surface area (Å²) >= 11 is 0. The molecular weight excluding hydrogens is 236 g/mol. The maximum Gasteiger partial charge on any atom is 0.273 e. The maximum atomic E-state index is 11.5. The number of hydrogen-bond acceptors (Lipinski definition) is 5. The van der Waals surface area contributed by atoms with E-state index in [4.69, 9.17) is 9.47 Å². The van der Waals surface area contributed by atoms with Crippen molar-refractivity contribution >= 4 is 5.91 Å². The van der Waals surface area contributed by atoms with Crippen molar-refractivity contribution in [1.29, 1.82) is 0 Å². The summed E-state index contributed by atoms with van der Waals surface area (Å²) in [5.74, 6) is -0.220. The zero-order valence-corrected chi connectivity index (χ0v) is 10.2. The third-order valence-electron chi connectivity index (χ3n) is 2.73. The van der Waals surface area contributed by atoms with Crippen LogP contribution in [0.15, 0.2) is 6.20 Å². The van der Waals surface area contributed by atoms with Gasteiger partial charge in [-0.1, -0.05) is 0 Å². The third kappa shape index (κ3) is 4.08. The average molecular weight is 254 g/mol. The number of amides is 1. The van der Waals surface area contributed by atoms with Gasteiger partial charge in [-0.15, -0.1) is 0 Å². The monoisotopic (exact) mass is 254 g/mol. The molecule has 1 aromatic heterocycles. The number of carbonyl (C=O) groups excluding carboxylic acids is 1. The number of rotatable bonds is 7. The lowest BCUT2D eigenvalue weighted by Crippen LogP contribution is -2.26. The molecule has 2 heterocycles. The molecule has 0 saturated carbocycles. The molecule has 1 aliphatic heterocycles. The molecule has 0 spiro atoms. The summed E-state index contributed by atoms with van der Waals surface area (Å²) < 4.78 is 10.9. The van der Waals surface area contributed by atoms with Gasteiger partial charge in [0.05, 0.1) is 18.9 Å². The number of H-pyrrole nitrogens is 1. The lowest BCUT2D eigenvalue weighted by molar-refractivity contribution is 0.0166. The maximum absolute atomic E-state index is 11.5. The predicted molar refractivity (Wildman–Crippen MR) is 63.1 cm³/mol. The fraction of sp³-hybridized carbons (Fsp3) is 0.727. The number of ether oxygens (including phenoxy) is 2. The van der Waals surface area contributed by atoms with Gasteiger partial charge in [0, 0.05) is 19.8 Å². The standard InChI is InChI=1S/C11H18N4O3/c16-11(10-7-13-15-14-10)12-4-2-5-17-8-9-3-1-6-18-9/h7,9H,1-6,8H2,(H,12,16)(H,13,14,15). The van der Waals surface area contributed by atoms with Crippen LogP contribution in [0.1, 0.15) is 29.8 Å². The number of carbonyl (C=O) groups is 1. The van der Waals surface area contributed by atoms with E-state index in [2.05, 4.69) is 20.7 Å². The highest BCUT2D eigenvalue weighted by Gasteiger charge is 2.15. The predicted octanol–water partition coefficient (Wildman–Crippen LogP) is 0.120. The number of aromatic nitrogens is 3. The Morgan fingerprint density at radius 2 is 2.61 bits per heavy atom. The fourth-order valence-electron chi connectivity index (χ4n) is 1.77. The Bertz CT molecular complexity index is 349. The van der Waals surface area contributed by atoms with Crippen molar-refractivity contribution in [2.45, 2.75) is 25.4 Å². The summed E-state index contributed by atoms with van der Waals surface area (Å²) in [5.41, 5.74) is 0.301. The molecular formula is C11H18N4O3. The van der Waals surface area contributed by atoms with E-state index in [0.29, 0.717) is 25.5 Å². The Labute approximate surface area is 105 Å². The Hall–Kier alpha value is -1.47. The number of nitrogens with zero attached hydrogens (tertiary/aromatic N) is 2. The molecule has 0 radical (unpaired) electrons. The molecule has 2 rings (SSSR count). The fourth-order valence-corrected chi connectivity index (χ4v) is 1.77. The lowest BCUT2D eigenvalue weighted by atomic mass is 10.2. The minimum atomic E-state index is -0.220. The SMILES string of the molecule is O=C(NCCCOCC1CCCO1)c1cn[nH]n1. The quantitative estimate of drug-likeness (QED) is 0.675. The van der Waals surface area contributed by atoms with Crippen LogP contribution in [0.4, 0.5) is 0 Å². The second-order valence-electron chi connectivity index (χ2n) is 4.17. The van der Waals surface area contributed by atoms with Crippen molar-refractivity contribution < 1.29 is 14.3 Å². The summed E-state index contributed by atoms with van der Waals surface area (Å²) in [4.78, 5) is 11.5. The molecule has 1 atom stereocenters. The minimum Gasteiger partial charge on any atom is -0.379 e. The average Bonchev–Trinajstić information content (AvgIpc) is 3.05. The number of nitrogens with one attached hydrogen (secondary N) is 2. The molecule has 7 nitrogen and oxygen atoms in total. The van der Waals surface area contributed by atoms with Gasteiger partial charge in [-0.25, -0.2) is 0 Å². The molecule has 1 aliphatic rings. The van der Waals surface area contributed by atoms with Crippen LogP contribution < -0.4 is 5.32 Å². The van der Waals surface area contributed by atoms with Gasteiger partial charge in [-0.3, -0.25) is 4.79 Å². The van der Waals surface area contributed by atoms with E-state index >= 15 is 0 Å². The summed E-state index contributed by atoms with van der Waals surface area (Å²) in [6, 6.07) is 0. The first-order chi connectivity index (χ1) is 8.86. The van der Waals surface area contributed by atoms with Crippen LogP contribution in [0.25, 0.3) is 0 Å². The highest BCUT2D eigenvalue weighted by atomic mass is 16.5. The topological polar surface area (TPSA) is 89.1 Å². The zero-order valence-electron chi connectivity index (χ0n) is 10.2. The second-order valence-corrected chi connectivity index (χ2v) is 4.17. The number of aromatic amines is 1. The molecule has 1 fully saturated rings. The minimum absolute atomic E-state index is 0.220. The molecule has 0 bridgehead atoms. The highest BCUT2D eigenvalue weighted by Crippen LogP contribution is 2.11. The van der Waals surface area contributed by atoms with Crippen molar-refractivity contribution in [3.8, 4) is 0 Å². The molecule has 1 unspecified atom stereocenters. The normalized spacial score (nSPS) is 19.0. The van der Waals surface area contributed by atoms with Gasteiger partial charge in [-0.05, 0) is 19.3 Å². The largest absolute Gasteiger partial charge is 0.379 e. The van der Waals surface area contributed by atoms with Crippen molar-refractivity contribution in [2.24, 2.45) is 0 Å². The Kier molecular flexibility index (Phi) is 5.10. The first kappa shape index (κ1) is 13.0. The smallest absolute Gasteiger partial charge is 0.273 e. The van der Waals surface area contributed by atoms with E-state index in [9.17, 15) is 4.79 Å². The van der Waals surface area contributed by atoms with Crippen LogP contribution in [0.2, 0.25) is 0 Å². The lowest BCUT2D eigenvalue weighted by Gasteiger charge is -2.09. The molecule has 0 aromatic carbocycles. The van der Waals surface area contributed by atoms with Gasteiger partial charge in [0.15, 0.2) is 5.69 Å². The summed E-state index contributed by atoms with van der Waals surface area (Å²) in [6.45, 7) is 2.69.